The molecule has 22 heavy (non-hydrogen) atoms. The van der Waals surface area contributed by atoms with Crippen LogP contribution in [0.2, 0.25) is 0 Å². The molecule has 0 saturated carbocycles. The maximum absolute atomic E-state index is 12.8. The molecule has 0 fully saturated rings. The van der Waals surface area contributed by atoms with Crippen LogP contribution >= 0.6 is 0 Å². The molecular weight excluding hydrogens is 283 g/mol. The van der Waals surface area contributed by atoms with Crippen LogP contribution in [0.5, 0.6) is 0 Å². The molecule has 0 spiro atoms. The van der Waals surface area contributed by atoms with Crippen LogP contribution in [0.1, 0.15) is 24.4 Å². The summed E-state index contributed by atoms with van der Waals surface area (Å²) in [4.78, 5) is 16.4. The van der Waals surface area contributed by atoms with E-state index in [0.717, 1.165) is 11.1 Å². The Bertz CT molecular complexity index is 763. The Morgan fingerprint density at radius 2 is 1.95 bits per heavy atom. The van der Waals surface area contributed by atoms with Crippen LogP contribution in [-0.2, 0) is 11.2 Å². The van der Waals surface area contributed by atoms with E-state index in [4.69, 9.17) is 4.42 Å². The molecule has 1 atom stereocenters. The molecule has 2 aromatic carbocycles. The minimum atomic E-state index is -0.333. The predicted molar refractivity (Wildman–Crippen MR) is 80.7 cm³/mol. The highest BCUT2D eigenvalue weighted by Gasteiger charge is 2.15. The van der Waals surface area contributed by atoms with Crippen LogP contribution in [-0.4, -0.2) is 10.9 Å². The fourth-order valence-electron chi connectivity index (χ4n) is 2.22. The SMILES string of the molecule is CC(NC(=O)Cc1ccc(F)cc1)c1nc2ccccc2o1. The van der Waals surface area contributed by atoms with Gasteiger partial charge in [0.1, 0.15) is 17.4 Å². The Morgan fingerprint density at radius 3 is 2.68 bits per heavy atom. The maximum Gasteiger partial charge on any atom is 0.225 e. The van der Waals surface area contributed by atoms with E-state index >= 15 is 0 Å². The van der Waals surface area contributed by atoms with Crippen molar-refractivity contribution in [1.29, 1.82) is 0 Å². The summed E-state index contributed by atoms with van der Waals surface area (Å²) >= 11 is 0. The van der Waals surface area contributed by atoms with Crippen molar-refractivity contribution in [3.8, 4) is 0 Å². The molecule has 0 radical (unpaired) electrons. The van der Waals surface area contributed by atoms with Crippen LogP contribution in [0, 0.1) is 5.82 Å². The minimum absolute atomic E-state index is 0.165. The summed E-state index contributed by atoms with van der Waals surface area (Å²) in [6, 6.07) is 13.0. The first-order valence-electron chi connectivity index (χ1n) is 7.01. The van der Waals surface area contributed by atoms with E-state index in [1.807, 2.05) is 31.2 Å². The third-order valence-corrected chi connectivity index (χ3v) is 3.34. The van der Waals surface area contributed by atoms with Crippen molar-refractivity contribution in [2.24, 2.45) is 0 Å². The molecule has 0 aliphatic rings. The zero-order chi connectivity index (χ0) is 15.5. The first kappa shape index (κ1) is 14.3. The second kappa shape index (κ2) is 5.97. The second-order valence-electron chi connectivity index (χ2n) is 5.11. The topological polar surface area (TPSA) is 55.1 Å². The first-order chi connectivity index (χ1) is 10.6. The highest BCUT2D eigenvalue weighted by molar-refractivity contribution is 5.79. The van der Waals surface area contributed by atoms with Gasteiger partial charge in [0.2, 0.25) is 11.8 Å². The van der Waals surface area contributed by atoms with Crippen LogP contribution < -0.4 is 5.32 Å². The molecule has 4 nitrogen and oxygen atoms in total. The molecule has 0 aliphatic heterocycles. The highest BCUT2D eigenvalue weighted by Crippen LogP contribution is 2.19. The third-order valence-electron chi connectivity index (χ3n) is 3.34. The average molecular weight is 298 g/mol. The lowest BCUT2D eigenvalue weighted by atomic mass is 10.1. The summed E-state index contributed by atoms with van der Waals surface area (Å²) in [7, 11) is 0. The quantitative estimate of drug-likeness (QED) is 0.803. The lowest BCUT2D eigenvalue weighted by Gasteiger charge is -2.10. The Morgan fingerprint density at radius 1 is 1.23 bits per heavy atom. The van der Waals surface area contributed by atoms with Crippen LogP contribution in [0.3, 0.4) is 0 Å². The van der Waals surface area contributed by atoms with Gasteiger partial charge in [0, 0.05) is 0 Å². The third kappa shape index (κ3) is 3.14. The molecule has 1 heterocycles. The number of benzene rings is 2. The van der Waals surface area contributed by atoms with E-state index < -0.39 is 0 Å². The smallest absolute Gasteiger partial charge is 0.225 e. The fourth-order valence-corrected chi connectivity index (χ4v) is 2.22. The zero-order valence-electron chi connectivity index (χ0n) is 12.0. The number of hydrogen-bond acceptors (Lipinski definition) is 3. The van der Waals surface area contributed by atoms with Crippen molar-refractivity contribution in [3.05, 3.63) is 65.8 Å². The summed E-state index contributed by atoms with van der Waals surface area (Å²) < 4.78 is 18.5. The van der Waals surface area contributed by atoms with Gasteiger partial charge in [-0.1, -0.05) is 24.3 Å². The van der Waals surface area contributed by atoms with E-state index in [0.29, 0.717) is 11.5 Å². The number of rotatable bonds is 4. The molecule has 3 rings (SSSR count). The van der Waals surface area contributed by atoms with Crippen molar-refractivity contribution < 1.29 is 13.6 Å². The van der Waals surface area contributed by atoms with Crippen molar-refractivity contribution in [2.45, 2.75) is 19.4 Å². The molecule has 0 aliphatic carbocycles. The number of nitrogens with one attached hydrogen (secondary N) is 1. The summed E-state index contributed by atoms with van der Waals surface area (Å²) in [6.45, 7) is 1.81. The molecule has 1 aromatic heterocycles. The number of aromatic nitrogens is 1. The minimum Gasteiger partial charge on any atom is -0.438 e. The standard InChI is InChI=1S/C17H15FN2O2/c1-11(17-20-14-4-2-3-5-15(14)22-17)19-16(21)10-12-6-8-13(18)9-7-12/h2-9,11H,10H2,1H3,(H,19,21). The highest BCUT2D eigenvalue weighted by atomic mass is 19.1. The van der Waals surface area contributed by atoms with Gasteiger partial charge in [-0.2, -0.15) is 0 Å². The van der Waals surface area contributed by atoms with E-state index in [1.54, 1.807) is 12.1 Å². The molecule has 0 bridgehead atoms. The monoisotopic (exact) mass is 298 g/mol. The van der Waals surface area contributed by atoms with Gasteiger partial charge in [-0.05, 0) is 36.8 Å². The number of hydrogen-bond donors (Lipinski definition) is 1. The maximum atomic E-state index is 12.8. The number of amides is 1. The van der Waals surface area contributed by atoms with Crippen molar-refractivity contribution >= 4 is 17.0 Å². The van der Waals surface area contributed by atoms with Gasteiger partial charge in [0.25, 0.3) is 0 Å². The van der Waals surface area contributed by atoms with Gasteiger partial charge in [0.05, 0.1) is 6.42 Å². The summed E-state index contributed by atoms with van der Waals surface area (Å²) in [6.07, 6.45) is 0.185. The normalized spacial score (nSPS) is 12.3. The molecule has 0 saturated heterocycles. The molecule has 1 unspecified atom stereocenters. The van der Waals surface area contributed by atoms with Gasteiger partial charge in [0.15, 0.2) is 5.58 Å². The molecule has 5 heteroatoms. The molecule has 3 aromatic rings. The van der Waals surface area contributed by atoms with Gasteiger partial charge < -0.3 is 9.73 Å². The first-order valence-corrected chi connectivity index (χ1v) is 7.01. The lowest BCUT2D eigenvalue weighted by molar-refractivity contribution is -0.121. The van der Waals surface area contributed by atoms with Gasteiger partial charge >= 0.3 is 0 Å². The number of carbonyl (C=O) groups excluding carboxylic acids is 1. The van der Waals surface area contributed by atoms with E-state index in [2.05, 4.69) is 10.3 Å². The van der Waals surface area contributed by atoms with Gasteiger partial charge in [-0.25, -0.2) is 9.37 Å². The Kier molecular flexibility index (Phi) is 3.87. The van der Waals surface area contributed by atoms with Crippen LogP contribution in [0.4, 0.5) is 4.39 Å². The number of fused-ring (bicyclic) bond motifs is 1. The Hall–Kier alpha value is -2.69. The van der Waals surface area contributed by atoms with Crippen molar-refractivity contribution in [2.75, 3.05) is 0 Å². The Balaban J connectivity index is 1.66. The largest absolute Gasteiger partial charge is 0.438 e. The molecule has 112 valence electrons. The second-order valence-corrected chi connectivity index (χ2v) is 5.11. The molecule has 1 amide bonds. The lowest BCUT2D eigenvalue weighted by Crippen LogP contribution is -2.28. The van der Waals surface area contributed by atoms with Crippen molar-refractivity contribution in [3.63, 3.8) is 0 Å². The average Bonchev–Trinajstić information content (AvgIpc) is 2.93. The summed E-state index contributed by atoms with van der Waals surface area (Å²) in [5.41, 5.74) is 2.21. The van der Waals surface area contributed by atoms with Gasteiger partial charge in [-0.3, -0.25) is 4.79 Å². The van der Waals surface area contributed by atoms with Crippen LogP contribution in [0.15, 0.2) is 52.9 Å². The van der Waals surface area contributed by atoms with E-state index in [1.165, 1.54) is 12.1 Å². The number of carbonyl (C=O) groups is 1. The fraction of sp³-hybridized carbons (Fsp3) is 0.176. The summed E-state index contributed by atoms with van der Waals surface area (Å²) in [5.74, 6) is -0.0148. The van der Waals surface area contributed by atoms with E-state index in [-0.39, 0.29) is 24.2 Å². The van der Waals surface area contributed by atoms with E-state index in [9.17, 15) is 9.18 Å². The van der Waals surface area contributed by atoms with Gasteiger partial charge in [-0.15, -0.1) is 0 Å². The molecular formula is C17H15FN2O2. The summed E-state index contributed by atoms with van der Waals surface area (Å²) in [5, 5.41) is 2.83. The number of nitrogens with zero attached hydrogens (tertiary/aromatic N) is 1. The Labute approximate surface area is 127 Å². The van der Waals surface area contributed by atoms with Crippen LogP contribution in [0.25, 0.3) is 11.1 Å². The molecule has 1 N–H and O–H groups in total. The predicted octanol–water partition coefficient (Wildman–Crippen LogP) is 3.39. The number of oxazole rings is 1. The zero-order valence-corrected chi connectivity index (χ0v) is 12.0. The number of para-hydroxylation sites is 2. The van der Waals surface area contributed by atoms with Crippen molar-refractivity contribution in [1.82, 2.24) is 10.3 Å². The number of halogens is 1.